The van der Waals surface area contributed by atoms with E-state index in [1.165, 1.54) is 12.8 Å². The topological polar surface area (TPSA) is 51.0 Å². The highest BCUT2D eigenvalue weighted by atomic mass is 16.2. The summed E-state index contributed by atoms with van der Waals surface area (Å²) in [5.41, 5.74) is 0.720. The van der Waals surface area contributed by atoms with Crippen LogP contribution in [-0.2, 0) is 0 Å². The molecule has 2 aliphatic carbocycles. The standard InChI is InChI=1S/C17H20N4O/c1-12(13-2-3-13)21(15-4-5-15)17(22)14-6-7-19-16(10-14)20-9-8-18-11-20/h6-13,15H,2-5H2,1H3. The van der Waals surface area contributed by atoms with Gasteiger partial charge in [0.1, 0.15) is 12.1 Å². The maximum atomic E-state index is 13.0. The Morgan fingerprint density at radius 3 is 2.77 bits per heavy atom. The summed E-state index contributed by atoms with van der Waals surface area (Å²) in [6, 6.07) is 4.47. The van der Waals surface area contributed by atoms with Crippen molar-refractivity contribution in [2.75, 3.05) is 0 Å². The van der Waals surface area contributed by atoms with Gasteiger partial charge in [-0.3, -0.25) is 9.36 Å². The smallest absolute Gasteiger partial charge is 0.254 e. The van der Waals surface area contributed by atoms with Crippen LogP contribution in [0.3, 0.4) is 0 Å². The van der Waals surface area contributed by atoms with E-state index >= 15 is 0 Å². The zero-order chi connectivity index (χ0) is 15.1. The van der Waals surface area contributed by atoms with Crippen LogP contribution in [0, 0.1) is 5.92 Å². The van der Waals surface area contributed by atoms with Crippen molar-refractivity contribution in [2.45, 2.75) is 44.7 Å². The maximum absolute atomic E-state index is 13.0. The molecular formula is C17H20N4O. The molecule has 1 atom stereocenters. The van der Waals surface area contributed by atoms with Crippen molar-refractivity contribution in [1.82, 2.24) is 19.4 Å². The molecule has 0 aromatic carbocycles. The highest BCUT2D eigenvalue weighted by molar-refractivity contribution is 5.95. The van der Waals surface area contributed by atoms with Gasteiger partial charge >= 0.3 is 0 Å². The first-order valence-corrected chi connectivity index (χ1v) is 8.01. The Hall–Kier alpha value is -2.17. The minimum Gasteiger partial charge on any atom is -0.333 e. The zero-order valence-electron chi connectivity index (χ0n) is 12.7. The van der Waals surface area contributed by atoms with Crippen LogP contribution in [0.1, 0.15) is 43.0 Å². The van der Waals surface area contributed by atoms with Crippen molar-refractivity contribution in [3.63, 3.8) is 0 Å². The molecule has 114 valence electrons. The first-order chi connectivity index (χ1) is 10.7. The molecule has 0 saturated heterocycles. The molecule has 4 rings (SSSR count). The highest BCUT2D eigenvalue weighted by Crippen LogP contribution is 2.40. The average molecular weight is 296 g/mol. The van der Waals surface area contributed by atoms with Gasteiger partial charge in [0.25, 0.3) is 5.91 Å². The van der Waals surface area contributed by atoms with Gasteiger partial charge in [0.05, 0.1) is 0 Å². The number of aromatic nitrogens is 3. The molecule has 5 nitrogen and oxygen atoms in total. The summed E-state index contributed by atoms with van der Waals surface area (Å²) in [6.45, 7) is 2.20. The third-order valence-corrected chi connectivity index (χ3v) is 4.68. The summed E-state index contributed by atoms with van der Waals surface area (Å²) in [6.07, 6.45) is 11.7. The second kappa shape index (κ2) is 5.23. The fraction of sp³-hybridized carbons (Fsp3) is 0.471. The minimum atomic E-state index is 0.144. The van der Waals surface area contributed by atoms with Crippen LogP contribution in [-0.4, -0.2) is 37.4 Å². The van der Waals surface area contributed by atoms with Crippen molar-refractivity contribution in [1.29, 1.82) is 0 Å². The predicted molar refractivity (Wildman–Crippen MR) is 82.7 cm³/mol. The lowest BCUT2D eigenvalue weighted by Gasteiger charge is -2.29. The number of pyridine rings is 1. The summed E-state index contributed by atoms with van der Waals surface area (Å²) in [7, 11) is 0. The summed E-state index contributed by atoms with van der Waals surface area (Å²) in [5, 5.41) is 0. The predicted octanol–water partition coefficient (Wildman–Crippen LogP) is 2.67. The van der Waals surface area contributed by atoms with E-state index in [2.05, 4.69) is 21.8 Å². The lowest BCUT2D eigenvalue weighted by atomic mass is 10.1. The summed E-state index contributed by atoms with van der Waals surface area (Å²) < 4.78 is 1.82. The molecule has 2 aliphatic rings. The van der Waals surface area contributed by atoms with Crippen molar-refractivity contribution in [2.24, 2.45) is 5.92 Å². The molecule has 1 amide bonds. The van der Waals surface area contributed by atoms with Gasteiger partial charge in [0.2, 0.25) is 0 Å². The third-order valence-electron chi connectivity index (χ3n) is 4.68. The molecule has 0 radical (unpaired) electrons. The summed E-state index contributed by atoms with van der Waals surface area (Å²) >= 11 is 0. The molecule has 2 aromatic heterocycles. The lowest BCUT2D eigenvalue weighted by molar-refractivity contribution is 0.0654. The van der Waals surface area contributed by atoms with Crippen LogP contribution in [0.15, 0.2) is 37.1 Å². The van der Waals surface area contributed by atoms with Crippen LogP contribution < -0.4 is 0 Å². The van der Waals surface area contributed by atoms with Crippen LogP contribution >= 0.6 is 0 Å². The number of nitrogens with zero attached hydrogens (tertiary/aromatic N) is 4. The molecule has 0 bridgehead atoms. The van der Waals surface area contributed by atoms with E-state index in [1.54, 1.807) is 18.7 Å². The molecule has 5 heteroatoms. The first-order valence-electron chi connectivity index (χ1n) is 8.01. The van der Waals surface area contributed by atoms with Crippen LogP contribution in [0.4, 0.5) is 0 Å². The Morgan fingerprint density at radius 1 is 1.32 bits per heavy atom. The van der Waals surface area contributed by atoms with Gasteiger partial charge in [-0.15, -0.1) is 0 Å². The number of carbonyl (C=O) groups excluding carboxylic acids is 1. The number of amides is 1. The van der Waals surface area contributed by atoms with E-state index in [9.17, 15) is 4.79 Å². The van der Waals surface area contributed by atoms with Crippen molar-refractivity contribution < 1.29 is 4.79 Å². The molecule has 0 aliphatic heterocycles. The van der Waals surface area contributed by atoms with E-state index in [4.69, 9.17) is 0 Å². The van der Waals surface area contributed by atoms with Gasteiger partial charge in [-0.1, -0.05) is 0 Å². The van der Waals surface area contributed by atoms with E-state index in [-0.39, 0.29) is 5.91 Å². The van der Waals surface area contributed by atoms with Gasteiger partial charge in [-0.25, -0.2) is 9.97 Å². The van der Waals surface area contributed by atoms with Crippen LogP contribution in [0.5, 0.6) is 0 Å². The average Bonchev–Trinajstić information content (AvgIpc) is 3.47. The molecule has 0 spiro atoms. The van der Waals surface area contributed by atoms with E-state index in [0.717, 1.165) is 24.2 Å². The molecular weight excluding hydrogens is 276 g/mol. The molecule has 2 aromatic rings. The summed E-state index contributed by atoms with van der Waals surface area (Å²) in [4.78, 5) is 23.5. The number of rotatable bonds is 5. The summed E-state index contributed by atoms with van der Waals surface area (Å²) in [5.74, 6) is 1.57. The van der Waals surface area contributed by atoms with Crippen molar-refractivity contribution in [3.8, 4) is 5.82 Å². The Morgan fingerprint density at radius 2 is 2.14 bits per heavy atom. The Bertz CT molecular complexity index is 674. The largest absolute Gasteiger partial charge is 0.333 e. The van der Waals surface area contributed by atoms with Gasteiger partial charge in [-0.2, -0.15) is 0 Å². The number of imidazole rings is 1. The second-order valence-electron chi connectivity index (χ2n) is 6.39. The molecule has 0 N–H and O–H groups in total. The van der Waals surface area contributed by atoms with Crippen molar-refractivity contribution >= 4 is 5.91 Å². The quantitative estimate of drug-likeness (QED) is 0.852. The number of hydrogen-bond acceptors (Lipinski definition) is 3. The van der Waals surface area contributed by atoms with Gasteiger partial charge in [0, 0.05) is 36.2 Å². The zero-order valence-corrected chi connectivity index (χ0v) is 12.7. The van der Waals surface area contributed by atoms with E-state index in [0.29, 0.717) is 18.0 Å². The van der Waals surface area contributed by atoms with Gasteiger partial charge in [0.15, 0.2) is 0 Å². The Labute approximate surface area is 130 Å². The maximum Gasteiger partial charge on any atom is 0.254 e. The molecule has 2 saturated carbocycles. The first kappa shape index (κ1) is 13.5. The molecule has 22 heavy (non-hydrogen) atoms. The lowest BCUT2D eigenvalue weighted by Crippen LogP contribution is -2.41. The molecule has 1 unspecified atom stereocenters. The fourth-order valence-corrected chi connectivity index (χ4v) is 3.08. The van der Waals surface area contributed by atoms with Crippen LogP contribution in [0.2, 0.25) is 0 Å². The SMILES string of the molecule is CC(C1CC1)N(C(=O)c1ccnc(-n2ccnc2)c1)C1CC1. The number of hydrogen-bond donors (Lipinski definition) is 0. The second-order valence-corrected chi connectivity index (χ2v) is 6.39. The van der Waals surface area contributed by atoms with Gasteiger partial charge in [-0.05, 0) is 50.7 Å². The third kappa shape index (κ3) is 2.51. The normalized spacial score (nSPS) is 19.0. The highest BCUT2D eigenvalue weighted by Gasteiger charge is 2.41. The van der Waals surface area contributed by atoms with Crippen LogP contribution in [0.25, 0.3) is 5.82 Å². The Kier molecular flexibility index (Phi) is 3.21. The monoisotopic (exact) mass is 296 g/mol. The van der Waals surface area contributed by atoms with Gasteiger partial charge < -0.3 is 4.90 Å². The van der Waals surface area contributed by atoms with E-state index < -0.39 is 0 Å². The number of carbonyl (C=O) groups is 1. The minimum absolute atomic E-state index is 0.144. The molecule has 2 heterocycles. The molecule has 2 fully saturated rings. The van der Waals surface area contributed by atoms with E-state index in [1.807, 2.05) is 22.9 Å². The fourth-order valence-electron chi connectivity index (χ4n) is 3.08. The Balaban J connectivity index is 1.62. The van der Waals surface area contributed by atoms with Crippen molar-refractivity contribution in [3.05, 3.63) is 42.6 Å².